The minimum Gasteiger partial charge on any atom is -0.352 e. The molecule has 0 radical (unpaired) electrons. The molecule has 1 saturated heterocycles. The van der Waals surface area contributed by atoms with E-state index in [0.29, 0.717) is 6.42 Å². The highest BCUT2D eigenvalue weighted by molar-refractivity contribution is 7.91. The van der Waals surface area contributed by atoms with Crippen LogP contribution in [-0.2, 0) is 31.2 Å². The first-order valence-corrected chi connectivity index (χ1v) is 11.3. The monoisotopic (exact) mass is 388 g/mol. The molecule has 1 fully saturated rings. The number of hydrogen-bond donors (Lipinski definition) is 1. The van der Waals surface area contributed by atoms with E-state index in [1.807, 2.05) is 0 Å². The fourth-order valence-electron chi connectivity index (χ4n) is 2.56. The molecule has 1 aliphatic rings. The summed E-state index contributed by atoms with van der Waals surface area (Å²) in [6, 6.07) is 6.16. The molecule has 0 bridgehead atoms. The van der Waals surface area contributed by atoms with Gasteiger partial charge in [0.2, 0.25) is 15.9 Å². The van der Waals surface area contributed by atoms with Gasteiger partial charge in [0.05, 0.1) is 22.3 Å². The molecule has 9 heteroatoms. The Bertz CT molecular complexity index is 830. The molecule has 1 amide bonds. The van der Waals surface area contributed by atoms with Crippen molar-refractivity contribution in [3.63, 3.8) is 0 Å². The standard InChI is InChI=1S/C16H24N2O5S2/c1-12(2)18(3)25(22,23)15-6-4-13(5-7-15)10-17-16(19)14-8-9-24(20,21)11-14/h4-7,12,14H,8-11H2,1-3H3,(H,17,19). The maximum atomic E-state index is 12.4. The van der Waals surface area contributed by atoms with Crippen molar-refractivity contribution in [1.82, 2.24) is 9.62 Å². The zero-order valence-corrected chi connectivity index (χ0v) is 16.2. The summed E-state index contributed by atoms with van der Waals surface area (Å²) < 4.78 is 48.9. The molecule has 140 valence electrons. The minimum atomic E-state index is -3.53. The summed E-state index contributed by atoms with van der Waals surface area (Å²) in [6.45, 7) is 3.82. The van der Waals surface area contributed by atoms with Gasteiger partial charge < -0.3 is 5.32 Å². The van der Waals surface area contributed by atoms with Crippen molar-refractivity contribution in [3.8, 4) is 0 Å². The van der Waals surface area contributed by atoms with Gasteiger partial charge in [0.15, 0.2) is 9.84 Å². The van der Waals surface area contributed by atoms with Crippen molar-refractivity contribution < 1.29 is 21.6 Å². The number of benzene rings is 1. The van der Waals surface area contributed by atoms with E-state index in [9.17, 15) is 21.6 Å². The summed E-state index contributed by atoms with van der Waals surface area (Å²) in [5.74, 6) is -0.819. The SMILES string of the molecule is CC(C)N(C)S(=O)(=O)c1ccc(CNC(=O)C2CCS(=O)(=O)C2)cc1. The number of carbonyl (C=O) groups excluding carboxylic acids is 1. The molecule has 1 aromatic rings. The summed E-state index contributed by atoms with van der Waals surface area (Å²) in [6.07, 6.45) is 0.354. The lowest BCUT2D eigenvalue weighted by molar-refractivity contribution is -0.124. The number of sulfone groups is 1. The minimum absolute atomic E-state index is 0.0566. The molecule has 1 unspecified atom stereocenters. The van der Waals surface area contributed by atoms with Crippen molar-refractivity contribution in [1.29, 1.82) is 0 Å². The summed E-state index contributed by atoms with van der Waals surface area (Å²) in [5.41, 5.74) is 0.750. The van der Waals surface area contributed by atoms with Gasteiger partial charge in [-0.15, -0.1) is 0 Å². The van der Waals surface area contributed by atoms with Gasteiger partial charge in [0.1, 0.15) is 0 Å². The van der Waals surface area contributed by atoms with Crippen LogP contribution in [0, 0.1) is 5.92 Å². The van der Waals surface area contributed by atoms with Gasteiger partial charge in [0, 0.05) is 19.6 Å². The largest absolute Gasteiger partial charge is 0.352 e. The molecule has 25 heavy (non-hydrogen) atoms. The molecule has 1 aromatic carbocycles. The molecule has 1 heterocycles. The molecule has 1 atom stereocenters. The van der Waals surface area contributed by atoms with Crippen molar-refractivity contribution in [2.24, 2.45) is 5.92 Å². The summed E-state index contributed by atoms with van der Waals surface area (Å²) in [7, 11) is -5.09. The summed E-state index contributed by atoms with van der Waals surface area (Å²) in [5, 5.41) is 2.71. The Kier molecular flexibility index (Phi) is 5.90. The van der Waals surface area contributed by atoms with Gasteiger partial charge in [-0.25, -0.2) is 16.8 Å². The zero-order chi connectivity index (χ0) is 18.8. The maximum Gasteiger partial charge on any atom is 0.243 e. The normalized spacial score (nSPS) is 20.1. The second-order valence-corrected chi connectivity index (χ2v) is 10.8. The molecule has 1 aliphatic heterocycles. The van der Waals surface area contributed by atoms with E-state index in [0.717, 1.165) is 5.56 Å². The van der Waals surface area contributed by atoms with Crippen molar-refractivity contribution in [2.45, 2.75) is 37.8 Å². The van der Waals surface area contributed by atoms with Gasteiger partial charge in [0.25, 0.3) is 0 Å². The van der Waals surface area contributed by atoms with Crippen LogP contribution in [-0.4, -0.2) is 51.6 Å². The molecule has 2 rings (SSSR count). The lowest BCUT2D eigenvalue weighted by atomic mass is 10.1. The number of rotatable bonds is 6. The molecule has 0 spiro atoms. The molecule has 7 nitrogen and oxygen atoms in total. The number of amides is 1. The Hall–Kier alpha value is -1.45. The number of nitrogens with zero attached hydrogens (tertiary/aromatic N) is 1. The third-order valence-electron chi connectivity index (χ3n) is 4.40. The van der Waals surface area contributed by atoms with Crippen LogP contribution in [0.5, 0.6) is 0 Å². The third kappa shape index (κ3) is 4.80. The Morgan fingerprint density at radius 3 is 2.36 bits per heavy atom. The van der Waals surface area contributed by atoms with Crippen LogP contribution < -0.4 is 5.32 Å². The highest BCUT2D eigenvalue weighted by atomic mass is 32.2. The average Bonchev–Trinajstić information content (AvgIpc) is 2.92. The van der Waals surface area contributed by atoms with E-state index >= 15 is 0 Å². The van der Waals surface area contributed by atoms with E-state index in [1.54, 1.807) is 26.0 Å². The fraction of sp³-hybridized carbons (Fsp3) is 0.562. The number of nitrogens with one attached hydrogen (secondary N) is 1. The lowest BCUT2D eigenvalue weighted by Gasteiger charge is -2.21. The summed E-state index contributed by atoms with van der Waals surface area (Å²) in [4.78, 5) is 12.2. The molecule has 0 saturated carbocycles. The second-order valence-electron chi connectivity index (χ2n) is 6.58. The van der Waals surface area contributed by atoms with Crippen LogP contribution in [0.4, 0.5) is 0 Å². The third-order valence-corrected chi connectivity index (χ3v) is 8.21. The predicted octanol–water partition coefficient (Wildman–Crippen LogP) is 0.766. The van der Waals surface area contributed by atoms with Crippen LogP contribution in [0.2, 0.25) is 0 Å². The molecule has 0 aromatic heterocycles. The molecular formula is C16H24N2O5S2. The van der Waals surface area contributed by atoms with E-state index in [1.165, 1.54) is 23.5 Å². The van der Waals surface area contributed by atoms with E-state index in [2.05, 4.69) is 5.32 Å². The average molecular weight is 389 g/mol. The van der Waals surface area contributed by atoms with Crippen LogP contribution >= 0.6 is 0 Å². The van der Waals surface area contributed by atoms with Gasteiger partial charge in [-0.3, -0.25) is 4.79 Å². The topological polar surface area (TPSA) is 101 Å². The van der Waals surface area contributed by atoms with Crippen LogP contribution in [0.3, 0.4) is 0 Å². The quantitative estimate of drug-likeness (QED) is 0.776. The predicted molar refractivity (Wildman–Crippen MR) is 95.1 cm³/mol. The Morgan fingerprint density at radius 2 is 1.88 bits per heavy atom. The number of sulfonamides is 1. The fourth-order valence-corrected chi connectivity index (χ4v) is 5.67. The van der Waals surface area contributed by atoms with Crippen molar-refractivity contribution in [3.05, 3.63) is 29.8 Å². The molecule has 0 aliphatic carbocycles. The van der Waals surface area contributed by atoms with Gasteiger partial charge in [-0.1, -0.05) is 12.1 Å². The smallest absolute Gasteiger partial charge is 0.243 e. The maximum absolute atomic E-state index is 12.4. The van der Waals surface area contributed by atoms with E-state index < -0.39 is 25.8 Å². The molecular weight excluding hydrogens is 364 g/mol. The lowest BCUT2D eigenvalue weighted by Crippen LogP contribution is -2.33. The Balaban J connectivity index is 1.98. The highest BCUT2D eigenvalue weighted by Crippen LogP contribution is 2.19. The van der Waals surface area contributed by atoms with Crippen LogP contribution in [0.25, 0.3) is 0 Å². The molecule has 1 N–H and O–H groups in total. The van der Waals surface area contributed by atoms with Gasteiger partial charge in [-0.2, -0.15) is 4.31 Å². The van der Waals surface area contributed by atoms with Crippen LogP contribution in [0.1, 0.15) is 25.8 Å². The van der Waals surface area contributed by atoms with E-state index in [4.69, 9.17) is 0 Å². The number of hydrogen-bond acceptors (Lipinski definition) is 5. The van der Waals surface area contributed by atoms with E-state index in [-0.39, 0.29) is 34.9 Å². The Morgan fingerprint density at radius 1 is 1.28 bits per heavy atom. The summed E-state index contributed by atoms with van der Waals surface area (Å²) >= 11 is 0. The highest BCUT2D eigenvalue weighted by Gasteiger charge is 2.32. The van der Waals surface area contributed by atoms with Crippen molar-refractivity contribution >= 4 is 25.8 Å². The first-order chi connectivity index (χ1) is 11.5. The first kappa shape index (κ1) is 19.9. The second kappa shape index (κ2) is 7.43. The van der Waals surface area contributed by atoms with Crippen molar-refractivity contribution in [2.75, 3.05) is 18.6 Å². The van der Waals surface area contributed by atoms with Gasteiger partial charge in [-0.05, 0) is 38.0 Å². The zero-order valence-electron chi connectivity index (χ0n) is 14.6. The Labute approximate surface area is 149 Å². The number of carbonyl (C=O) groups is 1. The van der Waals surface area contributed by atoms with Gasteiger partial charge >= 0.3 is 0 Å². The van der Waals surface area contributed by atoms with Crippen LogP contribution in [0.15, 0.2) is 29.2 Å². The first-order valence-electron chi connectivity index (χ1n) is 8.08.